The maximum atomic E-state index is 13.2. The van der Waals surface area contributed by atoms with Gasteiger partial charge in [-0.2, -0.15) is 5.06 Å². The van der Waals surface area contributed by atoms with Crippen molar-refractivity contribution in [3.63, 3.8) is 0 Å². The van der Waals surface area contributed by atoms with Crippen LogP contribution in [0, 0.1) is 16.7 Å². The molecule has 0 radical (unpaired) electrons. The maximum Gasteiger partial charge on any atom is 0.316 e. The Morgan fingerprint density at radius 3 is 2.55 bits per heavy atom. The summed E-state index contributed by atoms with van der Waals surface area (Å²) in [5.41, 5.74) is -1.04. The van der Waals surface area contributed by atoms with Gasteiger partial charge in [0.05, 0.1) is 30.7 Å². The van der Waals surface area contributed by atoms with Crippen LogP contribution in [0.25, 0.3) is 0 Å². The van der Waals surface area contributed by atoms with Crippen molar-refractivity contribution in [1.29, 1.82) is 10.8 Å². The van der Waals surface area contributed by atoms with Gasteiger partial charge in [-0.25, -0.2) is 0 Å². The Morgan fingerprint density at radius 1 is 1.26 bits per heavy atom. The molecular formula is C20H25ClN6O4. The molecule has 0 amide bonds. The van der Waals surface area contributed by atoms with Crippen molar-refractivity contribution in [2.75, 3.05) is 13.2 Å². The maximum absolute atomic E-state index is 13.2. The predicted molar refractivity (Wildman–Crippen MR) is 111 cm³/mol. The van der Waals surface area contributed by atoms with E-state index < -0.39 is 35.2 Å². The molecule has 3 saturated heterocycles. The lowest BCUT2D eigenvalue weighted by Gasteiger charge is -2.51. The van der Waals surface area contributed by atoms with Crippen molar-refractivity contribution in [3.8, 4) is 0 Å². The lowest BCUT2D eigenvalue weighted by molar-refractivity contribution is -0.175. The number of aliphatic hydroxyl groups excluding tert-OH is 1. The Balaban J connectivity index is 1.44. The molecule has 3 heterocycles. The normalized spacial score (nSPS) is 35.2. The van der Waals surface area contributed by atoms with Gasteiger partial charge in [0.15, 0.2) is 11.6 Å². The summed E-state index contributed by atoms with van der Waals surface area (Å²) in [7, 11) is 0. The van der Waals surface area contributed by atoms with E-state index in [4.69, 9.17) is 27.2 Å². The van der Waals surface area contributed by atoms with E-state index in [1.54, 1.807) is 17.0 Å². The molecule has 31 heavy (non-hydrogen) atoms. The van der Waals surface area contributed by atoms with Crippen molar-refractivity contribution >= 4 is 29.5 Å². The summed E-state index contributed by atoms with van der Waals surface area (Å²) in [5, 5.41) is 44.4. The molecule has 3 aliphatic heterocycles. The molecule has 4 aliphatic rings. The number of esters is 1. The molecule has 5 atom stereocenters. The molecule has 166 valence electrons. The average molecular weight is 449 g/mol. The molecule has 1 aliphatic carbocycles. The largest absolute Gasteiger partial charge is 0.459 e. The minimum atomic E-state index is -1.21. The second-order valence-electron chi connectivity index (χ2n) is 8.78. The van der Waals surface area contributed by atoms with Crippen molar-refractivity contribution in [2.45, 2.75) is 49.0 Å². The number of aliphatic hydroxyl groups is 1. The van der Waals surface area contributed by atoms with Crippen LogP contribution < -0.4 is 10.6 Å². The summed E-state index contributed by atoms with van der Waals surface area (Å²) in [4.78, 5) is 14.9. The van der Waals surface area contributed by atoms with Crippen LogP contribution in [-0.2, 0) is 14.9 Å². The molecule has 10 nitrogen and oxygen atoms in total. The number of hydrogen-bond acceptors (Lipinski definition) is 6. The van der Waals surface area contributed by atoms with Crippen LogP contribution in [0.5, 0.6) is 0 Å². The average Bonchev–Trinajstić information content (AvgIpc) is 3.45. The first-order chi connectivity index (χ1) is 14.8. The number of nitrogens with zero attached hydrogens (tertiary/aromatic N) is 2. The number of ether oxygens (including phenoxy) is 1. The number of hydrogen-bond donors (Lipinski definition) is 6. The summed E-state index contributed by atoms with van der Waals surface area (Å²) in [6.07, 6.45) is 0.768. The molecule has 1 spiro atoms. The number of rotatable bonds is 4. The Kier molecular flexibility index (Phi) is 4.41. The lowest BCUT2D eigenvalue weighted by atomic mass is 9.82. The lowest BCUT2D eigenvalue weighted by Crippen LogP contribution is -2.75. The summed E-state index contributed by atoms with van der Waals surface area (Å²) in [6.45, 7) is 1.74. The van der Waals surface area contributed by atoms with Gasteiger partial charge in [-0.3, -0.25) is 20.8 Å². The van der Waals surface area contributed by atoms with E-state index in [1.807, 2.05) is 19.1 Å². The van der Waals surface area contributed by atoms with E-state index in [9.17, 15) is 15.1 Å². The second kappa shape index (κ2) is 6.72. The highest BCUT2D eigenvalue weighted by Gasteiger charge is 2.70. The molecule has 5 rings (SSSR count). The molecule has 1 saturated carbocycles. The molecule has 11 heteroatoms. The van der Waals surface area contributed by atoms with Gasteiger partial charge in [0.25, 0.3) is 0 Å². The van der Waals surface area contributed by atoms with E-state index in [0.717, 1.165) is 10.6 Å². The topological polar surface area (TPSA) is 145 Å². The van der Waals surface area contributed by atoms with Crippen LogP contribution in [0.3, 0.4) is 0 Å². The van der Waals surface area contributed by atoms with Crippen LogP contribution >= 0.6 is 11.6 Å². The fourth-order valence-corrected chi connectivity index (χ4v) is 5.56. The minimum Gasteiger partial charge on any atom is -0.459 e. The Bertz CT molecular complexity index is 953. The van der Waals surface area contributed by atoms with E-state index in [2.05, 4.69) is 10.6 Å². The van der Waals surface area contributed by atoms with Crippen molar-refractivity contribution in [2.24, 2.45) is 5.92 Å². The van der Waals surface area contributed by atoms with Gasteiger partial charge in [-0.15, -0.1) is 0 Å². The molecule has 1 aromatic rings. The first-order valence-corrected chi connectivity index (χ1v) is 10.7. The highest BCUT2D eigenvalue weighted by atomic mass is 35.5. The van der Waals surface area contributed by atoms with Crippen molar-refractivity contribution in [3.05, 3.63) is 34.9 Å². The number of benzene rings is 1. The summed E-state index contributed by atoms with van der Waals surface area (Å²) < 4.78 is 5.99. The smallest absolute Gasteiger partial charge is 0.316 e. The minimum absolute atomic E-state index is 0.00934. The molecule has 6 N–H and O–H groups in total. The highest BCUT2D eigenvalue weighted by Crippen LogP contribution is 2.51. The molecule has 4 fully saturated rings. The van der Waals surface area contributed by atoms with Gasteiger partial charge in [0.1, 0.15) is 6.10 Å². The second-order valence-corrected chi connectivity index (χ2v) is 9.22. The van der Waals surface area contributed by atoms with Gasteiger partial charge in [0, 0.05) is 10.9 Å². The Morgan fingerprint density at radius 2 is 1.94 bits per heavy atom. The predicted octanol–water partition coefficient (Wildman–Crippen LogP) is 0.428. The zero-order chi connectivity index (χ0) is 22.1. The number of guanidine groups is 2. The van der Waals surface area contributed by atoms with Gasteiger partial charge < -0.3 is 25.4 Å². The fraction of sp³-hybridized carbons (Fsp3) is 0.550. The van der Waals surface area contributed by atoms with Crippen LogP contribution in [0.1, 0.15) is 25.3 Å². The van der Waals surface area contributed by atoms with E-state index in [0.29, 0.717) is 17.9 Å². The fourth-order valence-electron chi connectivity index (χ4n) is 5.44. The van der Waals surface area contributed by atoms with Gasteiger partial charge >= 0.3 is 5.97 Å². The molecule has 0 aromatic heterocycles. The molecule has 2 unspecified atom stereocenters. The van der Waals surface area contributed by atoms with Crippen LogP contribution in [0.15, 0.2) is 24.3 Å². The molecule has 1 aromatic carbocycles. The monoisotopic (exact) mass is 448 g/mol. The van der Waals surface area contributed by atoms with Crippen LogP contribution in [-0.4, -0.2) is 75.2 Å². The summed E-state index contributed by atoms with van der Waals surface area (Å²) >= 11 is 5.98. The van der Waals surface area contributed by atoms with Gasteiger partial charge in [0.2, 0.25) is 5.96 Å². The van der Waals surface area contributed by atoms with Gasteiger partial charge in [-0.1, -0.05) is 30.7 Å². The molecule has 0 bridgehead atoms. The zero-order valence-electron chi connectivity index (χ0n) is 16.9. The first kappa shape index (κ1) is 20.3. The zero-order valence-corrected chi connectivity index (χ0v) is 17.7. The Hall–Kier alpha value is -2.56. The number of carbonyl (C=O) groups excluding carboxylic acids is 1. The highest BCUT2D eigenvalue weighted by molar-refractivity contribution is 6.30. The van der Waals surface area contributed by atoms with Crippen LogP contribution in [0.4, 0.5) is 0 Å². The summed E-state index contributed by atoms with van der Waals surface area (Å²) in [5.74, 6) is -0.985. The third-order valence-corrected chi connectivity index (χ3v) is 7.56. The number of halogens is 1. The third kappa shape index (κ3) is 2.61. The van der Waals surface area contributed by atoms with Crippen LogP contribution in [0.2, 0.25) is 5.02 Å². The van der Waals surface area contributed by atoms with Crippen molar-refractivity contribution in [1.82, 2.24) is 20.6 Å². The number of hydroxylamine groups is 2. The first-order valence-electron chi connectivity index (χ1n) is 10.3. The Labute approximate surface area is 184 Å². The van der Waals surface area contributed by atoms with E-state index in [1.165, 1.54) is 0 Å². The molecular weight excluding hydrogens is 424 g/mol. The van der Waals surface area contributed by atoms with Gasteiger partial charge in [-0.05, 0) is 30.5 Å². The number of carbonyl (C=O) groups is 1. The number of nitrogens with one attached hydrogen (secondary N) is 4. The van der Waals surface area contributed by atoms with E-state index in [-0.39, 0.29) is 31.0 Å². The van der Waals surface area contributed by atoms with E-state index >= 15 is 0 Å². The summed E-state index contributed by atoms with van der Waals surface area (Å²) in [6, 6.07) is 6.04. The van der Waals surface area contributed by atoms with Crippen molar-refractivity contribution < 1.29 is 19.8 Å². The standard InChI is InChI=1S/C20H25ClN6O4/c1-10-14(31-16(29)19(6-7-19)11-2-4-12(21)5-3-11)8-26-17(22)24-13(9-28)15-20(10,26)27(30)18(23)25-15/h2-5,10,13-15,28,30H,6-9H2,1H3,(H2,22,24)(H2,23,25)/t10-,13+,14+,15?,20?/m1/s1. The quantitative estimate of drug-likeness (QED) is 0.364. The third-order valence-electron chi connectivity index (χ3n) is 7.31. The SMILES string of the molecule is C[C@@H]1[C@@H](OC(=O)C2(c3ccc(Cl)cc3)CC2)CN2C(=N)N[C@@H](CO)C3NC(=N)N(O)C312.